The van der Waals surface area contributed by atoms with Gasteiger partial charge in [-0.15, -0.1) is 0 Å². The van der Waals surface area contributed by atoms with Crippen LogP contribution in [0.2, 0.25) is 0 Å². The maximum absolute atomic E-state index is 12.2. The number of nitro benzene ring substituents is 1. The van der Waals surface area contributed by atoms with Gasteiger partial charge in [-0.05, 0) is 42.5 Å². The zero-order valence-corrected chi connectivity index (χ0v) is 15.2. The average Bonchev–Trinajstić information content (AvgIpc) is 3.35. The van der Waals surface area contributed by atoms with Crippen LogP contribution in [0.3, 0.4) is 0 Å². The zero-order valence-electron chi connectivity index (χ0n) is 15.2. The Bertz CT molecular complexity index is 1160. The van der Waals surface area contributed by atoms with E-state index in [0.717, 1.165) is 0 Å². The number of carbonyl (C=O) groups is 1. The van der Waals surface area contributed by atoms with E-state index in [1.807, 2.05) is 0 Å². The predicted molar refractivity (Wildman–Crippen MR) is 104 cm³/mol. The molecular weight excluding hydrogens is 376 g/mol. The quantitative estimate of drug-likeness (QED) is 0.280. The first-order valence-electron chi connectivity index (χ1n) is 8.55. The van der Waals surface area contributed by atoms with E-state index in [0.29, 0.717) is 28.4 Å². The largest absolute Gasteiger partial charge is 0.497 e. The van der Waals surface area contributed by atoms with E-state index in [1.54, 1.807) is 55.6 Å². The Hall–Kier alpha value is -4.20. The maximum Gasteiger partial charge on any atom is 0.363 e. The summed E-state index contributed by atoms with van der Waals surface area (Å²) < 4.78 is 16.1. The van der Waals surface area contributed by atoms with Crippen molar-refractivity contribution in [3.05, 3.63) is 87.8 Å². The van der Waals surface area contributed by atoms with Gasteiger partial charge >= 0.3 is 5.97 Å². The van der Waals surface area contributed by atoms with E-state index in [1.165, 1.54) is 18.2 Å². The summed E-state index contributed by atoms with van der Waals surface area (Å²) in [5.74, 6) is 1.13. The molecule has 0 fully saturated rings. The molecule has 0 amide bonds. The van der Waals surface area contributed by atoms with Crippen molar-refractivity contribution >= 4 is 23.6 Å². The molecule has 0 saturated heterocycles. The van der Waals surface area contributed by atoms with Gasteiger partial charge in [-0.3, -0.25) is 10.1 Å². The number of non-ortho nitro benzene ring substituents is 1. The molecule has 0 radical (unpaired) electrons. The van der Waals surface area contributed by atoms with Gasteiger partial charge in [-0.1, -0.05) is 6.07 Å². The highest BCUT2D eigenvalue weighted by Crippen LogP contribution is 2.27. The van der Waals surface area contributed by atoms with Crippen LogP contribution in [0.15, 0.2) is 75.8 Å². The molecule has 8 heteroatoms. The number of furan rings is 1. The minimum absolute atomic E-state index is 0.00393. The predicted octanol–water partition coefficient (Wildman–Crippen LogP) is 4.21. The molecule has 4 rings (SSSR count). The van der Waals surface area contributed by atoms with Crippen molar-refractivity contribution in [1.29, 1.82) is 0 Å². The smallest absolute Gasteiger partial charge is 0.363 e. The molecule has 2 aromatic carbocycles. The molecule has 1 aliphatic heterocycles. The van der Waals surface area contributed by atoms with Crippen molar-refractivity contribution in [2.45, 2.75) is 0 Å². The summed E-state index contributed by atoms with van der Waals surface area (Å²) in [5.41, 5.74) is 1.39. The summed E-state index contributed by atoms with van der Waals surface area (Å²) in [6.45, 7) is 0. The normalized spacial score (nSPS) is 14.6. The molecule has 0 atom stereocenters. The standard InChI is InChI=1S/C21H14N2O6/c1-27-16-4-2-3-14(11-16)20-22-18(21(24)29-20)12-17-9-10-19(28-17)13-5-7-15(8-6-13)23(25)26/h2-12H,1H3/b18-12-. The minimum atomic E-state index is -0.587. The number of hydrogen-bond donors (Lipinski definition) is 0. The number of nitro groups is 1. The van der Waals surface area contributed by atoms with Gasteiger partial charge in [0, 0.05) is 29.3 Å². The second-order valence-electron chi connectivity index (χ2n) is 6.07. The topological polar surface area (TPSA) is 104 Å². The molecule has 0 aliphatic carbocycles. The third kappa shape index (κ3) is 3.77. The lowest BCUT2D eigenvalue weighted by molar-refractivity contribution is -0.384. The molecule has 8 nitrogen and oxygen atoms in total. The van der Waals surface area contributed by atoms with Crippen LogP contribution in [0.1, 0.15) is 11.3 Å². The van der Waals surface area contributed by atoms with Crippen LogP contribution in [0.4, 0.5) is 5.69 Å². The maximum atomic E-state index is 12.2. The summed E-state index contributed by atoms with van der Waals surface area (Å²) in [5, 5.41) is 10.8. The van der Waals surface area contributed by atoms with Crippen LogP contribution in [-0.4, -0.2) is 23.9 Å². The number of nitrogens with zero attached hydrogens (tertiary/aromatic N) is 2. The molecular formula is C21H14N2O6. The van der Waals surface area contributed by atoms with Crippen LogP contribution >= 0.6 is 0 Å². The number of methoxy groups -OCH3 is 1. The summed E-state index contributed by atoms with van der Waals surface area (Å²) in [4.78, 5) is 26.7. The van der Waals surface area contributed by atoms with Crippen molar-refractivity contribution in [2.24, 2.45) is 4.99 Å². The third-order valence-electron chi connectivity index (χ3n) is 4.21. The van der Waals surface area contributed by atoms with E-state index in [2.05, 4.69) is 4.99 Å². The molecule has 0 N–H and O–H groups in total. The number of cyclic esters (lactones) is 1. The minimum Gasteiger partial charge on any atom is -0.497 e. The number of rotatable bonds is 5. The van der Waals surface area contributed by atoms with E-state index in [-0.39, 0.29) is 17.3 Å². The molecule has 0 bridgehead atoms. The number of hydrogen-bond acceptors (Lipinski definition) is 7. The van der Waals surface area contributed by atoms with Gasteiger partial charge in [-0.2, -0.15) is 0 Å². The Kier molecular flexibility index (Phi) is 4.66. The summed E-state index contributed by atoms with van der Waals surface area (Å²) in [6, 6.07) is 16.4. The molecule has 2 heterocycles. The van der Waals surface area contributed by atoms with Crippen LogP contribution in [-0.2, 0) is 9.53 Å². The zero-order chi connectivity index (χ0) is 20.4. The molecule has 29 heavy (non-hydrogen) atoms. The molecule has 1 aromatic heterocycles. The van der Waals surface area contributed by atoms with Crippen molar-refractivity contribution in [2.75, 3.05) is 7.11 Å². The van der Waals surface area contributed by atoms with Crippen LogP contribution < -0.4 is 4.74 Å². The number of benzene rings is 2. The van der Waals surface area contributed by atoms with Crippen molar-refractivity contribution < 1.29 is 23.6 Å². The van der Waals surface area contributed by atoms with E-state index >= 15 is 0 Å². The highest BCUT2D eigenvalue weighted by Gasteiger charge is 2.25. The van der Waals surface area contributed by atoms with E-state index in [9.17, 15) is 14.9 Å². The fourth-order valence-corrected chi connectivity index (χ4v) is 2.76. The van der Waals surface area contributed by atoms with Gasteiger partial charge < -0.3 is 13.9 Å². The number of carbonyl (C=O) groups excluding carboxylic acids is 1. The molecule has 144 valence electrons. The number of aliphatic imine (C=N–C) groups is 1. The molecule has 0 spiro atoms. The van der Waals surface area contributed by atoms with Crippen LogP contribution in [0, 0.1) is 10.1 Å². The monoisotopic (exact) mass is 390 g/mol. The van der Waals surface area contributed by atoms with Crippen molar-refractivity contribution in [3.63, 3.8) is 0 Å². The SMILES string of the molecule is COc1cccc(C2=N/C(=C\c3ccc(-c4ccc([N+](=O)[O-])cc4)o3)C(=O)O2)c1. The lowest BCUT2D eigenvalue weighted by Crippen LogP contribution is -2.05. The van der Waals surface area contributed by atoms with E-state index < -0.39 is 10.9 Å². The second kappa shape index (κ2) is 7.43. The Labute approximate surface area is 164 Å². The van der Waals surface area contributed by atoms with Crippen molar-refractivity contribution in [1.82, 2.24) is 0 Å². The van der Waals surface area contributed by atoms with Gasteiger partial charge in [0.1, 0.15) is 17.3 Å². The van der Waals surface area contributed by atoms with Crippen LogP contribution in [0.25, 0.3) is 17.4 Å². The molecule has 0 saturated carbocycles. The Morgan fingerprint density at radius 3 is 2.59 bits per heavy atom. The highest BCUT2D eigenvalue weighted by molar-refractivity contribution is 6.12. The lowest BCUT2D eigenvalue weighted by atomic mass is 10.1. The van der Waals surface area contributed by atoms with Gasteiger partial charge in [0.05, 0.1) is 12.0 Å². The van der Waals surface area contributed by atoms with Crippen LogP contribution in [0.5, 0.6) is 5.75 Å². The fourth-order valence-electron chi connectivity index (χ4n) is 2.76. The first kappa shape index (κ1) is 18.2. The van der Waals surface area contributed by atoms with Gasteiger partial charge in [0.15, 0.2) is 5.70 Å². The first-order valence-corrected chi connectivity index (χ1v) is 8.55. The Balaban J connectivity index is 1.58. The lowest BCUT2D eigenvalue weighted by Gasteiger charge is -2.02. The van der Waals surface area contributed by atoms with Gasteiger partial charge in [0.25, 0.3) is 5.69 Å². The summed E-state index contributed by atoms with van der Waals surface area (Å²) in [6.07, 6.45) is 1.48. The summed E-state index contributed by atoms with van der Waals surface area (Å²) in [7, 11) is 1.55. The van der Waals surface area contributed by atoms with Gasteiger partial charge in [-0.25, -0.2) is 9.79 Å². The first-order chi connectivity index (χ1) is 14.0. The summed E-state index contributed by atoms with van der Waals surface area (Å²) >= 11 is 0. The van der Waals surface area contributed by atoms with Gasteiger partial charge in [0.2, 0.25) is 5.90 Å². The number of esters is 1. The third-order valence-corrected chi connectivity index (χ3v) is 4.21. The highest BCUT2D eigenvalue weighted by atomic mass is 16.6. The molecule has 3 aromatic rings. The second-order valence-corrected chi connectivity index (χ2v) is 6.07. The van der Waals surface area contributed by atoms with E-state index in [4.69, 9.17) is 13.9 Å². The molecule has 0 unspecified atom stereocenters. The average molecular weight is 390 g/mol. The molecule has 1 aliphatic rings. The number of ether oxygens (including phenoxy) is 2. The Morgan fingerprint density at radius 2 is 1.86 bits per heavy atom. The van der Waals surface area contributed by atoms with Crippen molar-refractivity contribution in [3.8, 4) is 17.1 Å². The fraction of sp³-hybridized carbons (Fsp3) is 0.0476. The Morgan fingerprint density at radius 1 is 1.07 bits per heavy atom.